The van der Waals surface area contributed by atoms with Gasteiger partial charge in [0, 0.05) is 31.9 Å². The van der Waals surface area contributed by atoms with Gasteiger partial charge in [-0.05, 0) is 25.1 Å². The van der Waals surface area contributed by atoms with E-state index in [1.807, 2.05) is 0 Å². The molecule has 1 aromatic carbocycles. The van der Waals surface area contributed by atoms with E-state index in [9.17, 15) is 22.8 Å². The quantitative estimate of drug-likeness (QED) is 0.720. The van der Waals surface area contributed by atoms with Gasteiger partial charge in [0.1, 0.15) is 6.23 Å². The van der Waals surface area contributed by atoms with Crippen LogP contribution in [-0.4, -0.2) is 74.0 Å². The number of hydrogen-bond donors (Lipinski definition) is 0. The maximum atomic E-state index is 13.3. The Morgan fingerprint density at radius 3 is 2.40 bits per heavy atom. The third kappa shape index (κ3) is 4.28. The first-order chi connectivity index (χ1) is 14.2. The topological polar surface area (TPSA) is 86.1 Å². The number of ether oxygens (including phenoxy) is 2. The Balaban J connectivity index is 1.70. The summed E-state index contributed by atoms with van der Waals surface area (Å²) < 4.78 is 50.2. The van der Waals surface area contributed by atoms with E-state index in [0.29, 0.717) is 26.2 Å². The average Bonchev–Trinajstić information content (AvgIpc) is 3.13. The Bertz CT molecular complexity index is 862. The molecule has 3 rings (SSSR count). The molecule has 0 aliphatic carbocycles. The maximum absolute atomic E-state index is 13.3. The molecule has 0 radical (unpaired) electrons. The number of piperazine rings is 1. The zero-order valence-electron chi connectivity index (χ0n) is 16.5. The van der Waals surface area contributed by atoms with Crippen molar-refractivity contribution >= 4 is 17.7 Å². The molecule has 2 aliphatic rings. The van der Waals surface area contributed by atoms with Gasteiger partial charge in [0.2, 0.25) is 0 Å². The fraction of sp³-hybridized carbons (Fsp3) is 0.526. The van der Waals surface area contributed by atoms with Crippen LogP contribution in [0.15, 0.2) is 18.2 Å². The molecule has 0 saturated carbocycles. The van der Waals surface area contributed by atoms with Crippen LogP contribution in [-0.2, 0) is 20.4 Å². The van der Waals surface area contributed by atoms with Gasteiger partial charge in [-0.15, -0.1) is 0 Å². The van der Waals surface area contributed by atoms with E-state index in [1.165, 1.54) is 18.1 Å². The van der Waals surface area contributed by atoms with E-state index in [1.54, 1.807) is 22.8 Å². The summed E-state index contributed by atoms with van der Waals surface area (Å²) >= 11 is 0. The van der Waals surface area contributed by atoms with Gasteiger partial charge in [-0.3, -0.25) is 4.79 Å². The zero-order valence-corrected chi connectivity index (χ0v) is 16.5. The molecule has 0 bridgehead atoms. The second kappa shape index (κ2) is 8.39. The molecule has 0 aromatic heterocycles. The third-order valence-corrected chi connectivity index (χ3v) is 5.22. The first kappa shape index (κ1) is 21.7. The molecular formula is C19H21F3N4O4. The highest BCUT2D eigenvalue weighted by molar-refractivity contribution is 5.82. The number of carbonyl (C=O) groups is 2. The van der Waals surface area contributed by atoms with Crippen LogP contribution in [0.25, 0.3) is 0 Å². The second-order valence-electron chi connectivity index (χ2n) is 7.00. The lowest BCUT2D eigenvalue weighted by molar-refractivity contribution is -0.143. The van der Waals surface area contributed by atoms with Gasteiger partial charge in [-0.1, -0.05) is 0 Å². The summed E-state index contributed by atoms with van der Waals surface area (Å²) in [5, 5.41) is 8.95. The van der Waals surface area contributed by atoms with Crippen LogP contribution >= 0.6 is 0 Å². The number of halogens is 3. The number of amides is 2. The van der Waals surface area contributed by atoms with Crippen LogP contribution in [0.5, 0.6) is 0 Å². The van der Waals surface area contributed by atoms with Crippen molar-refractivity contribution in [2.75, 3.05) is 44.7 Å². The molecular weight excluding hydrogens is 405 g/mol. The van der Waals surface area contributed by atoms with E-state index in [2.05, 4.69) is 4.74 Å². The van der Waals surface area contributed by atoms with Crippen LogP contribution in [0.2, 0.25) is 0 Å². The molecule has 2 amide bonds. The SMILES string of the molecule is COC(=O)N1CCN(C(=O)[C@@H]2CN(c3ccc(C#N)c(C(F)(F)F)c3)[C@@H](C)O2)CC1. The monoisotopic (exact) mass is 426 g/mol. The third-order valence-electron chi connectivity index (χ3n) is 5.22. The van der Waals surface area contributed by atoms with Crippen molar-refractivity contribution in [3.05, 3.63) is 29.3 Å². The summed E-state index contributed by atoms with van der Waals surface area (Å²) in [5.74, 6) is -0.279. The molecule has 0 unspecified atom stereocenters. The van der Waals surface area contributed by atoms with Crippen LogP contribution in [0.1, 0.15) is 18.1 Å². The lowest BCUT2D eigenvalue weighted by Crippen LogP contribution is -2.53. The predicted octanol–water partition coefficient (Wildman–Crippen LogP) is 2.04. The van der Waals surface area contributed by atoms with Gasteiger partial charge < -0.3 is 24.2 Å². The van der Waals surface area contributed by atoms with Crippen molar-refractivity contribution in [3.63, 3.8) is 0 Å². The van der Waals surface area contributed by atoms with E-state index in [0.717, 1.165) is 12.1 Å². The summed E-state index contributed by atoms with van der Waals surface area (Å²) in [4.78, 5) is 29.0. The summed E-state index contributed by atoms with van der Waals surface area (Å²) in [6, 6.07) is 4.98. The molecule has 8 nitrogen and oxygen atoms in total. The Kier molecular flexibility index (Phi) is 6.07. The fourth-order valence-electron chi connectivity index (χ4n) is 3.62. The molecule has 11 heteroatoms. The number of anilines is 1. The van der Waals surface area contributed by atoms with Gasteiger partial charge in [-0.2, -0.15) is 18.4 Å². The number of carbonyl (C=O) groups excluding carboxylic acids is 2. The van der Waals surface area contributed by atoms with Gasteiger partial charge in [0.25, 0.3) is 5.91 Å². The Morgan fingerprint density at radius 2 is 1.83 bits per heavy atom. The van der Waals surface area contributed by atoms with Crippen molar-refractivity contribution in [2.24, 2.45) is 0 Å². The van der Waals surface area contributed by atoms with Gasteiger partial charge in [0.15, 0.2) is 6.10 Å². The Morgan fingerprint density at radius 1 is 1.20 bits per heavy atom. The van der Waals surface area contributed by atoms with E-state index in [-0.39, 0.29) is 18.1 Å². The maximum Gasteiger partial charge on any atom is 0.417 e. The zero-order chi connectivity index (χ0) is 22.1. The van der Waals surface area contributed by atoms with Crippen molar-refractivity contribution in [3.8, 4) is 6.07 Å². The minimum absolute atomic E-state index is 0.0837. The number of nitrogens with zero attached hydrogens (tertiary/aromatic N) is 4. The normalized spacial score (nSPS) is 22.1. The van der Waals surface area contributed by atoms with E-state index >= 15 is 0 Å². The molecule has 2 atom stereocenters. The van der Waals surface area contributed by atoms with Crippen LogP contribution in [0.4, 0.5) is 23.7 Å². The van der Waals surface area contributed by atoms with Crippen molar-refractivity contribution < 1.29 is 32.2 Å². The smallest absolute Gasteiger partial charge is 0.417 e. The lowest BCUT2D eigenvalue weighted by atomic mass is 10.1. The number of methoxy groups -OCH3 is 1. The first-order valence-corrected chi connectivity index (χ1v) is 9.31. The summed E-state index contributed by atoms with van der Waals surface area (Å²) in [5.41, 5.74) is -1.27. The van der Waals surface area contributed by atoms with Crippen LogP contribution in [0.3, 0.4) is 0 Å². The highest BCUT2D eigenvalue weighted by atomic mass is 19.4. The van der Waals surface area contributed by atoms with E-state index < -0.39 is 35.7 Å². The largest absolute Gasteiger partial charge is 0.453 e. The molecule has 2 heterocycles. The molecule has 1 aromatic rings. The minimum Gasteiger partial charge on any atom is -0.453 e. The molecule has 2 saturated heterocycles. The number of benzene rings is 1. The van der Waals surface area contributed by atoms with E-state index in [4.69, 9.17) is 10.00 Å². The Labute approximate surface area is 171 Å². The first-order valence-electron chi connectivity index (χ1n) is 9.31. The number of alkyl halides is 3. The number of nitriles is 1. The highest BCUT2D eigenvalue weighted by Gasteiger charge is 2.40. The summed E-state index contributed by atoms with van der Waals surface area (Å²) in [7, 11) is 1.29. The standard InChI is InChI=1S/C19H21F3N4O4/c1-12-26(14-4-3-13(10-23)15(9-14)19(20,21)22)11-16(30-12)17(27)24-5-7-25(8-6-24)18(28)29-2/h3-4,9,12,16H,5-8,11H2,1-2H3/t12-,16+/m1/s1. The van der Waals surface area contributed by atoms with Gasteiger partial charge in [0.05, 0.1) is 30.9 Å². The van der Waals surface area contributed by atoms with Gasteiger partial charge in [-0.25, -0.2) is 4.79 Å². The average molecular weight is 426 g/mol. The number of rotatable bonds is 2. The predicted molar refractivity (Wildman–Crippen MR) is 98.4 cm³/mol. The molecule has 0 spiro atoms. The van der Waals surface area contributed by atoms with Crippen LogP contribution < -0.4 is 4.90 Å². The second-order valence-corrected chi connectivity index (χ2v) is 7.00. The van der Waals surface area contributed by atoms with Crippen molar-refractivity contribution in [1.29, 1.82) is 5.26 Å². The molecule has 2 fully saturated rings. The van der Waals surface area contributed by atoms with Crippen molar-refractivity contribution in [1.82, 2.24) is 9.80 Å². The summed E-state index contributed by atoms with van der Waals surface area (Å²) in [6.07, 6.45) is -6.58. The molecule has 2 aliphatic heterocycles. The minimum atomic E-state index is -4.67. The van der Waals surface area contributed by atoms with Crippen molar-refractivity contribution in [2.45, 2.75) is 25.4 Å². The van der Waals surface area contributed by atoms with Gasteiger partial charge >= 0.3 is 12.3 Å². The summed E-state index contributed by atoms with van der Waals surface area (Å²) in [6.45, 7) is 3.02. The molecule has 0 N–H and O–H groups in total. The molecule has 30 heavy (non-hydrogen) atoms. The highest BCUT2D eigenvalue weighted by Crippen LogP contribution is 2.36. The van der Waals surface area contributed by atoms with Crippen LogP contribution in [0, 0.1) is 11.3 Å². The molecule has 162 valence electrons. The Hall–Kier alpha value is -3.00. The number of hydrogen-bond acceptors (Lipinski definition) is 6. The fourth-order valence-corrected chi connectivity index (χ4v) is 3.62. The lowest BCUT2D eigenvalue weighted by Gasteiger charge is -2.34.